The zero-order valence-corrected chi connectivity index (χ0v) is 12.0. The van der Waals surface area contributed by atoms with Crippen molar-refractivity contribution in [1.29, 1.82) is 0 Å². The summed E-state index contributed by atoms with van der Waals surface area (Å²) in [6.07, 6.45) is 3.59. The Morgan fingerprint density at radius 2 is 2.10 bits per heavy atom. The lowest BCUT2D eigenvalue weighted by molar-refractivity contribution is 0.318. The van der Waals surface area contributed by atoms with Gasteiger partial charge >= 0.3 is 0 Å². The van der Waals surface area contributed by atoms with Crippen LogP contribution in [0, 0.1) is 6.92 Å². The largest absolute Gasteiger partial charge is 0.437 e. The molecule has 1 aromatic carbocycles. The van der Waals surface area contributed by atoms with Crippen molar-refractivity contribution in [2.75, 3.05) is 6.26 Å². The van der Waals surface area contributed by atoms with Crippen LogP contribution >= 0.6 is 11.8 Å². The molecule has 104 valence electrons. The first-order valence-electron chi connectivity index (χ1n) is 5.91. The molecule has 0 unspecified atom stereocenters. The molecule has 3 N–H and O–H groups in total. The third-order valence-electron chi connectivity index (χ3n) is 2.76. The molecular formula is C14H15N3O2S. The second kappa shape index (κ2) is 6.29. The van der Waals surface area contributed by atoms with Gasteiger partial charge in [-0.2, -0.15) is 0 Å². The molecule has 0 spiro atoms. The highest BCUT2D eigenvalue weighted by molar-refractivity contribution is 7.98. The number of amidine groups is 1. The average Bonchev–Trinajstić information content (AvgIpc) is 2.47. The third kappa shape index (κ3) is 2.85. The highest BCUT2D eigenvalue weighted by atomic mass is 32.2. The minimum atomic E-state index is -0.0211. The van der Waals surface area contributed by atoms with Crippen molar-refractivity contribution >= 4 is 17.6 Å². The smallest absolute Gasteiger partial charge is 0.230 e. The molecule has 0 aliphatic rings. The van der Waals surface area contributed by atoms with Crippen LogP contribution in [0.2, 0.25) is 0 Å². The summed E-state index contributed by atoms with van der Waals surface area (Å²) in [7, 11) is 0. The number of rotatable bonds is 4. The predicted molar refractivity (Wildman–Crippen MR) is 79.8 cm³/mol. The first-order chi connectivity index (χ1) is 9.67. The van der Waals surface area contributed by atoms with Crippen molar-refractivity contribution in [2.24, 2.45) is 10.9 Å². The maximum Gasteiger partial charge on any atom is 0.230 e. The quantitative estimate of drug-likeness (QED) is 0.297. The van der Waals surface area contributed by atoms with Gasteiger partial charge in [0.25, 0.3) is 0 Å². The van der Waals surface area contributed by atoms with E-state index < -0.39 is 0 Å². The number of ether oxygens (including phenoxy) is 1. The van der Waals surface area contributed by atoms with Crippen LogP contribution in [0.5, 0.6) is 11.6 Å². The highest BCUT2D eigenvalue weighted by Gasteiger charge is 2.15. The number of thioether (sulfide) groups is 1. The van der Waals surface area contributed by atoms with Gasteiger partial charge in [-0.15, -0.1) is 11.8 Å². The van der Waals surface area contributed by atoms with Crippen molar-refractivity contribution in [3.05, 3.63) is 47.7 Å². The zero-order chi connectivity index (χ0) is 14.5. The summed E-state index contributed by atoms with van der Waals surface area (Å²) < 4.78 is 5.83. The highest BCUT2D eigenvalue weighted by Crippen LogP contribution is 2.32. The second-order valence-corrected chi connectivity index (χ2v) is 4.89. The lowest BCUT2D eigenvalue weighted by Crippen LogP contribution is -2.16. The van der Waals surface area contributed by atoms with E-state index in [1.807, 2.05) is 37.4 Å². The molecule has 0 aliphatic carbocycles. The van der Waals surface area contributed by atoms with E-state index in [1.165, 1.54) is 0 Å². The Kier molecular flexibility index (Phi) is 4.47. The van der Waals surface area contributed by atoms with Crippen molar-refractivity contribution in [1.82, 2.24) is 4.98 Å². The molecule has 0 aliphatic heterocycles. The first kappa shape index (κ1) is 14.2. The van der Waals surface area contributed by atoms with Gasteiger partial charge in [0.15, 0.2) is 5.84 Å². The topological polar surface area (TPSA) is 80.7 Å². The molecule has 0 bridgehead atoms. The van der Waals surface area contributed by atoms with Crippen LogP contribution in [0.15, 0.2) is 46.6 Å². The normalized spacial score (nSPS) is 11.4. The lowest BCUT2D eigenvalue weighted by Gasteiger charge is -2.13. The van der Waals surface area contributed by atoms with E-state index in [9.17, 15) is 0 Å². The van der Waals surface area contributed by atoms with Crippen LogP contribution < -0.4 is 10.5 Å². The molecule has 6 heteroatoms. The molecule has 0 radical (unpaired) electrons. The summed E-state index contributed by atoms with van der Waals surface area (Å²) in [5.74, 6) is 0.985. The third-order valence-corrected chi connectivity index (χ3v) is 3.54. The van der Waals surface area contributed by atoms with Gasteiger partial charge in [-0.3, -0.25) is 0 Å². The van der Waals surface area contributed by atoms with E-state index in [1.54, 1.807) is 24.0 Å². The van der Waals surface area contributed by atoms with E-state index in [-0.39, 0.29) is 5.84 Å². The van der Waals surface area contributed by atoms with Crippen LogP contribution in [0.25, 0.3) is 0 Å². The molecule has 2 aromatic rings. The molecule has 0 fully saturated rings. The summed E-state index contributed by atoms with van der Waals surface area (Å²) in [6.45, 7) is 1.85. The molecule has 1 heterocycles. The van der Waals surface area contributed by atoms with Crippen molar-refractivity contribution < 1.29 is 9.94 Å². The van der Waals surface area contributed by atoms with Crippen LogP contribution in [-0.4, -0.2) is 22.3 Å². The molecule has 5 nitrogen and oxygen atoms in total. The van der Waals surface area contributed by atoms with E-state index in [0.29, 0.717) is 17.2 Å². The maximum atomic E-state index is 8.88. The SMILES string of the molecule is CSc1ccccc1Oc1nccc(C)c1/C(N)=N/O. The Labute approximate surface area is 121 Å². The van der Waals surface area contributed by atoms with E-state index in [0.717, 1.165) is 10.5 Å². The van der Waals surface area contributed by atoms with Gasteiger partial charge in [-0.1, -0.05) is 17.3 Å². The van der Waals surface area contributed by atoms with Crippen LogP contribution in [0.1, 0.15) is 11.1 Å². The van der Waals surface area contributed by atoms with Crippen LogP contribution in [-0.2, 0) is 0 Å². The van der Waals surface area contributed by atoms with Gasteiger partial charge in [-0.25, -0.2) is 4.98 Å². The molecule has 0 amide bonds. The maximum absolute atomic E-state index is 8.88. The van der Waals surface area contributed by atoms with Gasteiger partial charge in [0.1, 0.15) is 5.75 Å². The fourth-order valence-electron chi connectivity index (χ4n) is 1.78. The number of aromatic nitrogens is 1. The minimum Gasteiger partial charge on any atom is -0.437 e. The van der Waals surface area contributed by atoms with E-state index in [4.69, 9.17) is 15.7 Å². The number of nitrogens with two attached hydrogens (primary N) is 1. The molecule has 0 saturated carbocycles. The van der Waals surface area contributed by atoms with E-state index >= 15 is 0 Å². The summed E-state index contributed by atoms with van der Waals surface area (Å²) in [4.78, 5) is 5.16. The van der Waals surface area contributed by atoms with Gasteiger partial charge in [0.05, 0.1) is 5.56 Å². The summed E-state index contributed by atoms with van der Waals surface area (Å²) in [5.41, 5.74) is 7.01. The second-order valence-electron chi connectivity index (χ2n) is 4.05. The van der Waals surface area contributed by atoms with Gasteiger partial charge < -0.3 is 15.7 Å². The van der Waals surface area contributed by atoms with Gasteiger partial charge in [0, 0.05) is 11.1 Å². The van der Waals surface area contributed by atoms with Crippen molar-refractivity contribution in [2.45, 2.75) is 11.8 Å². The minimum absolute atomic E-state index is 0.0211. The fraction of sp³-hybridized carbons (Fsp3) is 0.143. The summed E-state index contributed by atoms with van der Waals surface area (Å²) >= 11 is 1.58. The molecular weight excluding hydrogens is 274 g/mol. The number of aryl methyl sites for hydroxylation is 1. The summed E-state index contributed by atoms with van der Waals surface area (Å²) in [6, 6.07) is 9.41. The molecule has 0 saturated heterocycles. The Bertz CT molecular complexity index is 644. The Morgan fingerprint density at radius 3 is 2.80 bits per heavy atom. The molecule has 20 heavy (non-hydrogen) atoms. The average molecular weight is 289 g/mol. The standard InChI is InChI=1S/C14H15N3O2S/c1-9-7-8-16-14(12(9)13(15)17-18)19-10-5-3-4-6-11(10)20-2/h3-8,18H,1-2H3,(H2,15,17). The Balaban J connectivity index is 2.46. The number of nitrogens with zero attached hydrogens (tertiary/aromatic N) is 2. The monoisotopic (exact) mass is 289 g/mol. The number of oxime groups is 1. The molecule has 1 aromatic heterocycles. The Morgan fingerprint density at radius 1 is 1.35 bits per heavy atom. The first-order valence-corrected chi connectivity index (χ1v) is 7.14. The number of para-hydroxylation sites is 1. The van der Waals surface area contributed by atoms with Gasteiger partial charge in [0.2, 0.25) is 5.88 Å². The van der Waals surface area contributed by atoms with Crippen LogP contribution in [0.4, 0.5) is 0 Å². The van der Waals surface area contributed by atoms with Crippen molar-refractivity contribution in [3.8, 4) is 11.6 Å². The predicted octanol–water partition coefficient (Wildman–Crippen LogP) is 3.00. The van der Waals surface area contributed by atoms with Gasteiger partial charge in [-0.05, 0) is 36.9 Å². The fourth-order valence-corrected chi connectivity index (χ4v) is 2.31. The number of hydrogen-bond acceptors (Lipinski definition) is 5. The molecule has 0 atom stereocenters. The van der Waals surface area contributed by atoms with Crippen molar-refractivity contribution in [3.63, 3.8) is 0 Å². The number of hydrogen-bond donors (Lipinski definition) is 2. The molecule has 2 rings (SSSR count). The number of benzene rings is 1. The van der Waals surface area contributed by atoms with Crippen LogP contribution in [0.3, 0.4) is 0 Å². The zero-order valence-electron chi connectivity index (χ0n) is 11.2. The lowest BCUT2D eigenvalue weighted by atomic mass is 10.1. The summed E-state index contributed by atoms with van der Waals surface area (Å²) in [5, 5.41) is 11.9. The number of pyridine rings is 1. The van der Waals surface area contributed by atoms with E-state index in [2.05, 4.69) is 10.1 Å². The Hall–Kier alpha value is -2.21.